The van der Waals surface area contributed by atoms with Crippen LogP contribution in [0.2, 0.25) is 0 Å². The smallest absolute Gasteiger partial charge is 0.355 e. The number of hydrogen-bond donors (Lipinski definition) is 8. The average Bonchev–Trinajstić information content (AvgIpc) is 3.62. The second-order valence-corrected chi connectivity index (χ2v) is 10.2. The molecule has 3 aliphatic rings. The number of carboxylic acids is 1. The minimum atomic E-state index is -3.05. The van der Waals surface area contributed by atoms with E-state index in [9.17, 15) is 50.4 Å². The summed E-state index contributed by atoms with van der Waals surface area (Å²) in [6.07, 6.45) is -3.30. The van der Waals surface area contributed by atoms with Crippen molar-refractivity contribution in [3.8, 4) is 17.2 Å². The van der Waals surface area contributed by atoms with E-state index in [4.69, 9.17) is 9.47 Å². The van der Waals surface area contributed by atoms with Crippen LogP contribution < -0.4 is 9.64 Å². The Labute approximate surface area is 243 Å². The number of fused-ring (bicyclic) bond motifs is 1. The molecule has 0 saturated carbocycles. The van der Waals surface area contributed by atoms with Gasteiger partial charge in [0.25, 0.3) is 5.91 Å². The number of rotatable bonds is 8. The van der Waals surface area contributed by atoms with E-state index in [0.29, 0.717) is 29.9 Å². The number of anilines is 1. The normalized spacial score (nSPS) is 28.3. The van der Waals surface area contributed by atoms with Gasteiger partial charge >= 0.3 is 11.9 Å². The van der Waals surface area contributed by atoms with Crippen molar-refractivity contribution in [3.05, 3.63) is 53.1 Å². The fourth-order valence-electron chi connectivity index (χ4n) is 5.09. The monoisotopic (exact) mass is 599 g/mol. The number of carbonyl (C=O) groups excluding carboxylic acids is 1. The quantitative estimate of drug-likeness (QED) is 0.130. The number of hydrogen-bond acceptors (Lipinski definition) is 13. The van der Waals surface area contributed by atoms with Crippen LogP contribution in [0.25, 0.3) is 6.08 Å². The molecule has 15 nitrogen and oxygen atoms in total. The summed E-state index contributed by atoms with van der Waals surface area (Å²) in [6.45, 7) is -0.550. The lowest BCUT2D eigenvalue weighted by molar-refractivity contribution is -0.422. The largest absolute Gasteiger partial charge is 0.508 e. The van der Waals surface area contributed by atoms with Gasteiger partial charge in [0.15, 0.2) is 17.6 Å². The van der Waals surface area contributed by atoms with Crippen molar-refractivity contribution in [2.24, 2.45) is 9.98 Å². The number of amides is 1. The van der Waals surface area contributed by atoms with Crippen LogP contribution in [-0.2, 0) is 27.2 Å². The van der Waals surface area contributed by atoms with Gasteiger partial charge in [0.05, 0.1) is 18.0 Å². The van der Waals surface area contributed by atoms with Gasteiger partial charge in [-0.1, -0.05) is 6.07 Å². The Balaban J connectivity index is 1.42. The van der Waals surface area contributed by atoms with Crippen LogP contribution in [0.15, 0.2) is 46.4 Å². The van der Waals surface area contributed by atoms with Crippen molar-refractivity contribution >= 4 is 35.6 Å². The van der Waals surface area contributed by atoms with Gasteiger partial charge in [-0.2, -0.15) is 0 Å². The van der Waals surface area contributed by atoms with Crippen molar-refractivity contribution in [2.75, 3.05) is 18.2 Å². The highest BCUT2D eigenvalue weighted by Crippen LogP contribution is 2.43. The lowest BCUT2D eigenvalue weighted by Gasteiger charge is -2.44. The highest BCUT2D eigenvalue weighted by Gasteiger charge is 2.55. The molecule has 6 atom stereocenters. The van der Waals surface area contributed by atoms with Crippen LogP contribution in [0.3, 0.4) is 0 Å². The standard InChI is InChI=1S/C28H29N3O12/c32-11-22-24(36)25(37)26(38)28(41,43-22)42-21-9-17-14(8-20(21)34)7-18(27(39)40)31(17)23(35)4-2-13-1-3-19(33)15(5-13)6-16-10-29-12-30-16/h1-5,8-10,18,22,24-26,32-34,36-38,41H,6-7,11-12H2,(H,39,40)/t18-,22-,24-,25+,26-,28-/m1/s1. The van der Waals surface area contributed by atoms with Crippen molar-refractivity contribution in [3.63, 3.8) is 0 Å². The molecular weight excluding hydrogens is 570 g/mol. The molecule has 1 fully saturated rings. The van der Waals surface area contributed by atoms with E-state index < -0.39 is 66.4 Å². The third-order valence-corrected chi connectivity index (χ3v) is 7.34. The first-order valence-corrected chi connectivity index (χ1v) is 13.1. The van der Waals surface area contributed by atoms with E-state index in [1.165, 1.54) is 12.1 Å². The van der Waals surface area contributed by atoms with Crippen LogP contribution in [0.4, 0.5) is 5.69 Å². The Morgan fingerprint density at radius 1 is 1.12 bits per heavy atom. The molecule has 0 spiro atoms. The van der Waals surface area contributed by atoms with Gasteiger partial charge in [-0.25, -0.2) is 4.79 Å². The zero-order valence-electron chi connectivity index (χ0n) is 22.4. The molecule has 1 saturated heterocycles. The zero-order valence-corrected chi connectivity index (χ0v) is 22.4. The number of ether oxygens (including phenoxy) is 2. The number of aliphatic hydroxyl groups is 5. The molecule has 0 unspecified atom stereocenters. The van der Waals surface area contributed by atoms with Crippen molar-refractivity contribution in [1.82, 2.24) is 0 Å². The lowest BCUT2D eigenvalue weighted by Crippen LogP contribution is -2.67. The predicted octanol–water partition coefficient (Wildman–Crippen LogP) is -1.32. The Kier molecular flexibility index (Phi) is 8.20. The summed E-state index contributed by atoms with van der Waals surface area (Å²) in [5.41, 5.74) is 2.02. The molecule has 2 aromatic carbocycles. The van der Waals surface area contributed by atoms with Crippen molar-refractivity contribution in [1.29, 1.82) is 0 Å². The summed E-state index contributed by atoms with van der Waals surface area (Å²) < 4.78 is 10.4. The summed E-state index contributed by atoms with van der Waals surface area (Å²) in [4.78, 5) is 34.6. The molecule has 0 bridgehead atoms. The predicted molar refractivity (Wildman–Crippen MR) is 148 cm³/mol. The summed E-state index contributed by atoms with van der Waals surface area (Å²) >= 11 is 0. The molecule has 0 aromatic heterocycles. The molecular formula is C28H29N3O12. The molecule has 0 aliphatic carbocycles. The molecule has 43 heavy (non-hydrogen) atoms. The number of carboxylic acid groups (broad SMARTS) is 1. The number of phenolic OH excluding ortho intramolecular Hbond substituents is 2. The molecule has 8 N–H and O–H groups in total. The highest BCUT2D eigenvalue weighted by molar-refractivity contribution is 6.32. The van der Waals surface area contributed by atoms with Gasteiger partial charge < -0.3 is 50.3 Å². The van der Waals surface area contributed by atoms with Crippen LogP contribution >= 0.6 is 0 Å². The third-order valence-electron chi connectivity index (χ3n) is 7.34. The minimum absolute atomic E-state index is 0.00738. The first-order chi connectivity index (χ1) is 20.4. The topological polar surface area (TPSA) is 242 Å². The number of phenols is 2. The number of aliphatic imine (C=N–C) groups is 2. The maximum atomic E-state index is 13.4. The van der Waals surface area contributed by atoms with E-state index in [-0.39, 0.29) is 23.4 Å². The van der Waals surface area contributed by atoms with Gasteiger partial charge in [0.2, 0.25) is 0 Å². The van der Waals surface area contributed by atoms with E-state index in [1.807, 2.05) is 0 Å². The van der Waals surface area contributed by atoms with Gasteiger partial charge in [0.1, 0.15) is 36.8 Å². The molecule has 0 radical (unpaired) electrons. The zero-order chi connectivity index (χ0) is 31.1. The Morgan fingerprint density at radius 3 is 2.56 bits per heavy atom. The molecule has 5 rings (SSSR count). The SMILES string of the molecule is O=C(O)[C@H]1Cc2cc(O)c(O[C@@]3(O)O[C@H](CO)[C@@H](O)[C@H](O)[C@H]3O)cc2N1C(=O)C=Cc1ccc(O)c(CC2=NCN=C2)c1. The second kappa shape index (κ2) is 11.7. The van der Waals surface area contributed by atoms with Crippen LogP contribution in [-0.4, -0.2) is 114 Å². The van der Waals surface area contributed by atoms with Gasteiger partial charge in [-0.05, 0) is 35.4 Å². The Bertz CT molecular complexity index is 1520. The maximum absolute atomic E-state index is 13.4. The molecule has 228 valence electrons. The van der Waals surface area contributed by atoms with Gasteiger partial charge in [-0.3, -0.25) is 19.7 Å². The summed E-state index contributed by atoms with van der Waals surface area (Å²) in [7, 11) is 0. The molecule has 2 aromatic rings. The van der Waals surface area contributed by atoms with Crippen LogP contribution in [0.1, 0.15) is 16.7 Å². The first kappa shape index (κ1) is 30.1. The maximum Gasteiger partial charge on any atom is 0.355 e. The fraction of sp³-hybridized carbons (Fsp3) is 0.357. The van der Waals surface area contributed by atoms with Crippen molar-refractivity contribution in [2.45, 2.75) is 49.3 Å². The summed E-state index contributed by atoms with van der Waals surface area (Å²) in [5, 5.41) is 81.3. The number of carbonyl (C=O) groups is 2. The number of aliphatic carboxylic acids is 1. The molecule has 1 amide bonds. The highest BCUT2D eigenvalue weighted by atomic mass is 16.8. The van der Waals surface area contributed by atoms with E-state index in [2.05, 4.69) is 9.98 Å². The van der Waals surface area contributed by atoms with Gasteiger partial charge in [-0.15, -0.1) is 0 Å². The van der Waals surface area contributed by atoms with E-state index >= 15 is 0 Å². The fourth-order valence-corrected chi connectivity index (χ4v) is 5.09. The third kappa shape index (κ3) is 5.81. The molecule has 15 heteroatoms. The minimum Gasteiger partial charge on any atom is -0.508 e. The summed E-state index contributed by atoms with van der Waals surface area (Å²) in [6, 6.07) is 5.46. The number of aliphatic hydroxyl groups excluding tert-OH is 4. The van der Waals surface area contributed by atoms with E-state index in [1.54, 1.807) is 18.3 Å². The van der Waals surface area contributed by atoms with E-state index in [0.717, 1.165) is 23.1 Å². The Morgan fingerprint density at radius 2 is 1.88 bits per heavy atom. The lowest BCUT2D eigenvalue weighted by atomic mass is 9.98. The summed E-state index contributed by atoms with van der Waals surface area (Å²) in [5.74, 6) is -6.29. The number of nitrogens with zero attached hydrogens (tertiary/aromatic N) is 3. The van der Waals surface area contributed by atoms with Crippen LogP contribution in [0, 0.1) is 0 Å². The Hall–Kier alpha value is -4.38. The first-order valence-electron chi connectivity index (χ1n) is 13.1. The van der Waals surface area contributed by atoms with Crippen LogP contribution in [0.5, 0.6) is 17.2 Å². The van der Waals surface area contributed by atoms with Crippen molar-refractivity contribution < 1.29 is 59.9 Å². The number of benzene rings is 2. The average molecular weight is 600 g/mol. The molecule has 3 aliphatic heterocycles. The number of aromatic hydroxyl groups is 2. The van der Waals surface area contributed by atoms with Gasteiger partial charge in [0, 0.05) is 36.8 Å². The second-order valence-electron chi connectivity index (χ2n) is 10.2. The molecule has 3 heterocycles.